The Labute approximate surface area is 118 Å². The molecule has 112 valence electrons. The molecular formula is C15H12F5N. The molecule has 0 radical (unpaired) electrons. The van der Waals surface area contributed by atoms with E-state index in [1.54, 1.807) is 24.3 Å². The van der Waals surface area contributed by atoms with Gasteiger partial charge in [0.1, 0.15) is 0 Å². The zero-order valence-corrected chi connectivity index (χ0v) is 11.1. The molecule has 0 aliphatic carbocycles. The minimum Gasteiger partial charge on any atom is -0.323 e. The highest BCUT2D eigenvalue weighted by atomic mass is 19.2. The molecule has 2 rings (SSSR count). The monoisotopic (exact) mass is 301 g/mol. The standard InChI is InChI=1S/C15H12F5N/c1-7-2-4-8(5-3-7)6-9(21)10-11(16)13(18)15(20)14(19)12(10)17/h2-5,9H,6,21H2,1H3. The van der Waals surface area contributed by atoms with Gasteiger partial charge in [-0.05, 0) is 18.9 Å². The largest absolute Gasteiger partial charge is 0.323 e. The molecule has 0 aromatic heterocycles. The third kappa shape index (κ3) is 2.90. The first kappa shape index (κ1) is 15.4. The normalized spacial score (nSPS) is 12.5. The van der Waals surface area contributed by atoms with E-state index in [-0.39, 0.29) is 6.42 Å². The quantitative estimate of drug-likeness (QED) is 0.519. The summed E-state index contributed by atoms with van der Waals surface area (Å²) < 4.78 is 66.5. The molecule has 0 fully saturated rings. The summed E-state index contributed by atoms with van der Waals surface area (Å²) in [4.78, 5) is 0. The lowest BCUT2D eigenvalue weighted by atomic mass is 9.97. The van der Waals surface area contributed by atoms with E-state index in [4.69, 9.17) is 5.73 Å². The number of benzene rings is 2. The Morgan fingerprint density at radius 2 is 1.24 bits per heavy atom. The lowest BCUT2D eigenvalue weighted by Gasteiger charge is -2.15. The van der Waals surface area contributed by atoms with E-state index in [1.165, 1.54) is 0 Å². The van der Waals surface area contributed by atoms with Gasteiger partial charge in [-0.3, -0.25) is 0 Å². The minimum atomic E-state index is -2.18. The predicted octanol–water partition coefficient (Wildman–Crippen LogP) is 3.93. The van der Waals surface area contributed by atoms with Gasteiger partial charge in [0.15, 0.2) is 23.3 Å². The molecule has 1 unspecified atom stereocenters. The van der Waals surface area contributed by atoms with Gasteiger partial charge in [-0.2, -0.15) is 0 Å². The summed E-state index contributed by atoms with van der Waals surface area (Å²) in [7, 11) is 0. The number of hydrogen-bond acceptors (Lipinski definition) is 1. The zero-order chi connectivity index (χ0) is 15.7. The summed E-state index contributed by atoms with van der Waals surface area (Å²) in [5.41, 5.74) is 6.24. The first-order valence-corrected chi connectivity index (χ1v) is 6.15. The topological polar surface area (TPSA) is 26.0 Å². The molecule has 0 bridgehead atoms. The molecule has 6 heteroatoms. The highest BCUT2D eigenvalue weighted by molar-refractivity contribution is 5.29. The SMILES string of the molecule is Cc1ccc(CC(N)c2c(F)c(F)c(F)c(F)c2F)cc1. The molecule has 0 saturated carbocycles. The Bertz CT molecular complexity index is 638. The zero-order valence-electron chi connectivity index (χ0n) is 11.1. The lowest BCUT2D eigenvalue weighted by molar-refractivity contribution is 0.363. The van der Waals surface area contributed by atoms with Crippen LogP contribution in [0.2, 0.25) is 0 Å². The van der Waals surface area contributed by atoms with Crippen LogP contribution in [0.25, 0.3) is 0 Å². The second kappa shape index (κ2) is 5.81. The van der Waals surface area contributed by atoms with Crippen LogP contribution in [0, 0.1) is 36.0 Å². The van der Waals surface area contributed by atoms with Gasteiger partial charge in [0.2, 0.25) is 5.82 Å². The van der Waals surface area contributed by atoms with Crippen molar-refractivity contribution in [2.45, 2.75) is 19.4 Å². The molecule has 2 aromatic rings. The second-order valence-electron chi connectivity index (χ2n) is 4.78. The Morgan fingerprint density at radius 3 is 1.71 bits per heavy atom. The number of aryl methyl sites for hydroxylation is 1. The second-order valence-corrected chi connectivity index (χ2v) is 4.78. The Morgan fingerprint density at radius 1 is 0.810 bits per heavy atom. The van der Waals surface area contributed by atoms with Crippen molar-refractivity contribution >= 4 is 0 Å². The maximum atomic E-state index is 13.6. The summed E-state index contributed by atoms with van der Waals surface area (Å²) in [5.74, 6) is -9.92. The molecule has 0 aliphatic heterocycles. The molecule has 21 heavy (non-hydrogen) atoms. The van der Waals surface area contributed by atoms with E-state index >= 15 is 0 Å². The van der Waals surface area contributed by atoms with Crippen molar-refractivity contribution in [3.05, 3.63) is 70.0 Å². The first-order chi connectivity index (χ1) is 9.82. The van der Waals surface area contributed by atoms with Crippen molar-refractivity contribution in [2.24, 2.45) is 5.73 Å². The molecule has 0 heterocycles. The third-order valence-corrected chi connectivity index (χ3v) is 3.19. The van der Waals surface area contributed by atoms with E-state index in [0.29, 0.717) is 5.56 Å². The Hall–Kier alpha value is -1.95. The average Bonchev–Trinajstić information content (AvgIpc) is 2.46. The summed E-state index contributed by atoms with van der Waals surface area (Å²) in [6.07, 6.45) is -0.0430. The molecule has 0 aliphatic rings. The van der Waals surface area contributed by atoms with E-state index < -0.39 is 40.7 Å². The van der Waals surface area contributed by atoms with E-state index in [0.717, 1.165) is 5.56 Å². The molecular weight excluding hydrogens is 289 g/mol. The summed E-state index contributed by atoms with van der Waals surface area (Å²) in [5, 5.41) is 0. The van der Waals surface area contributed by atoms with Crippen molar-refractivity contribution < 1.29 is 22.0 Å². The lowest BCUT2D eigenvalue weighted by Crippen LogP contribution is -2.20. The van der Waals surface area contributed by atoms with Gasteiger partial charge in [-0.25, -0.2) is 22.0 Å². The molecule has 1 atom stereocenters. The van der Waals surface area contributed by atoms with Crippen LogP contribution in [0.1, 0.15) is 22.7 Å². The number of nitrogens with two attached hydrogens (primary N) is 1. The van der Waals surface area contributed by atoms with Crippen molar-refractivity contribution in [2.75, 3.05) is 0 Å². The van der Waals surface area contributed by atoms with Crippen LogP contribution in [0.3, 0.4) is 0 Å². The van der Waals surface area contributed by atoms with E-state index in [2.05, 4.69) is 0 Å². The summed E-state index contributed by atoms with van der Waals surface area (Å²) in [6, 6.07) is 5.56. The fourth-order valence-corrected chi connectivity index (χ4v) is 2.03. The van der Waals surface area contributed by atoms with Gasteiger partial charge >= 0.3 is 0 Å². The Kier molecular flexibility index (Phi) is 4.27. The van der Waals surface area contributed by atoms with Crippen LogP contribution >= 0.6 is 0 Å². The summed E-state index contributed by atoms with van der Waals surface area (Å²) >= 11 is 0. The molecule has 2 N–H and O–H groups in total. The molecule has 0 amide bonds. The van der Waals surface area contributed by atoms with Crippen LogP contribution in [-0.2, 0) is 6.42 Å². The van der Waals surface area contributed by atoms with E-state index in [1.807, 2.05) is 6.92 Å². The number of hydrogen-bond donors (Lipinski definition) is 1. The van der Waals surface area contributed by atoms with Gasteiger partial charge < -0.3 is 5.73 Å². The van der Waals surface area contributed by atoms with Gasteiger partial charge in [-0.15, -0.1) is 0 Å². The minimum absolute atomic E-state index is 0.0430. The molecule has 2 aromatic carbocycles. The first-order valence-electron chi connectivity index (χ1n) is 6.15. The highest BCUT2D eigenvalue weighted by Crippen LogP contribution is 2.28. The van der Waals surface area contributed by atoms with Gasteiger partial charge in [0, 0.05) is 11.6 Å². The van der Waals surface area contributed by atoms with Crippen molar-refractivity contribution in [1.82, 2.24) is 0 Å². The van der Waals surface area contributed by atoms with Crippen molar-refractivity contribution in [3.8, 4) is 0 Å². The van der Waals surface area contributed by atoms with Gasteiger partial charge in [-0.1, -0.05) is 29.8 Å². The van der Waals surface area contributed by atoms with Crippen molar-refractivity contribution in [1.29, 1.82) is 0 Å². The van der Waals surface area contributed by atoms with Crippen LogP contribution < -0.4 is 5.73 Å². The fourth-order valence-electron chi connectivity index (χ4n) is 2.03. The highest BCUT2D eigenvalue weighted by Gasteiger charge is 2.28. The average molecular weight is 301 g/mol. The smallest absolute Gasteiger partial charge is 0.200 e. The molecule has 0 saturated heterocycles. The predicted molar refractivity (Wildman–Crippen MR) is 68.0 cm³/mol. The third-order valence-electron chi connectivity index (χ3n) is 3.19. The molecule has 0 spiro atoms. The van der Waals surface area contributed by atoms with Crippen LogP contribution in [0.15, 0.2) is 24.3 Å². The van der Waals surface area contributed by atoms with Gasteiger partial charge in [0.05, 0.1) is 0 Å². The van der Waals surface area contributed by atoms with Crippen molar-refractivity contribution in [3.63, 3.8) is 0 Å². The summed E-state index contributed by atoms with van der Waals surface area (Å²) in [6.45, 7) is 1.85. The maximum absolute atomic E-state index is 13.6. The Balaban J connectivity index is 2.39. The van der Waals surface area contributed by atoms with Crippen LogP contribution in [0.4, 0.5) is 22.0 Å². The van der Waals surface area contributed by atoms with Crippen LogP contribution in [0.5, 0.6) is 0 Å². The number of halogens is 5. The molecule has 1 nitrogen and oxygen atoms in total. The van der Waals surface area contributed by atoms with Gasteiger partial charge in [0.25, 0.3) is 0 Å². The maximum Gasteiger partial charge on any atom is 0.200 e. The fraction of sp³-hybridized carbons (Fsp3) is 0.200. The number of rotatable bonds is 3. The van der Waals surface area contributed by atoms with E-state index in [9.17, 15) is 22.0 Å². The van der Waals surface area contributed by atoms with Crippen LogP contribution in [-0.4, -0.2) is 0 Å².